The lowest BCUT2D eigenvalue weighted by Crippen LogP contribution is -2.06. The van der Waals surface area contributed by atoms with Crippen molar-refractivity contribution in [3.05, 3.63) is 40.6 Å². The van der Waals surface area contributed by atoms with Gasteiger partial charge in [-0.2, -0.15) is 0 Å². The molecular formula is C15H11NO4. The van der Waals surface area contributed by atoms with Gasteiger partial charge in [0.15, 0.2) is 11.5 Å². The summed E-state index contributed by atoms with van der Waals surface area (Å²) in [4.78, 5) is 15.9. The van der Waals surface area contributed by atoms with Crippen LogP contribution in [0.3, 0.4) is 0 Å². The number of fused-ring (bicyclic) bond motifs is 3. The second-order valence-corrected chi connectivity index (χ2v) is 4.57. The molecule has 1 aliphatic heterocycles. The number of nitrogens with one attached hydrogen (secondary N) is 1. The van der Waals surface area contributed by atoms with Crippen LogP contribution >= 0.6 is 0 Å². The zero-order chi connectivity index (χ0) is 13.7. The highest BCUT2D eigenvalue weighted by atomic mass is 16.7. The van der Waals surface area contributed by atoms with Crippen molar-refractivity contribution < 1.29 is 14.2 Å². The van der Waals surface area contributed by atoms with E-state index in [1.165, 1.54) is 7.11 Å². The Morgan fingerprint density at radius 2 is 2.05 bits per heavy atom. The number of rotatable bonds is 1. The summed E-state index contributed by atoms with van der Waals surface area (Å²) < 4.78 is 16.1. The van der Waals surface area contributed by atoms with Crippen LogP contribution in [0.1, 0.15) is 0 Å². The lowest BCUT2D eigenvalue weighted by Gasteiger charge is -2.09. The van der Waals surface area contributed by atoms with Gasteiger partial charge in [0.2, 0.25) is 18.0 Å². The minimum Gasteiger partial charge on any atom is -0.492 e. The Hall–Kier alpha value is -2.69. The zero-order valence-electron chi connectivity index (χ0n) is 10.7. The number of hydrogen-bond acceptors (Lipinski definition) is 4. The molecule has 0 fully saturated rings. The molecule has 2 heterocycles. The number of para-hydroxylation sites is 1. The predicted molar refractivity (Wildman–Crippen MR) is 74.7 cm³/mol. The smallest absolute Gasteiger partial charge is 0.231 e. The van der Waals surface area contributed by atoms with E-state index in [1.54, 1.807) is 12.1 Å². The van der Waals surface area contributed by atoms with Crippen LogP contribution in [0, 0.1) is 0 Å². The fourth-order valence-electron chi connectivity index (χ4n) is 2.60. The molecule has 4 rings (SSSR count). The number of benzene rings is 2. The quantitative estimate of drug-likeness (QED) is 0.689. The molecule has 0 unspecified atom stereocenters. The third-order valence-electron chi connectivity index (χ3n) is 3.49. The molecule has 0 aliphatic carbocycles. The third kappa shape index (κ3) is 1.34. The van der Waals surface area contributed by atoms with Crippen molar-refractivity contribution in [2.75, 3.05) is 13.9 Å². The first-order valence-corrected chi connectivity index (χ1v) is 6.21. The SMILES string of the molecule is COc1c2c(cc3[nH]c4ccccc4c(=O)c13)OCO2. The minimum absolute atomic E-state index is 0.0792. The van der Waals surface area contributed by atoms with Gasteiger partial charge in [-0.15, -0.1) is 0 Å². The Bertz CT molecular complexity index is 898. The summed E-state index contributed by atoms with van der Waals surface area (Å²) >= 11 is 0. The van der Waals surface area contributed by atoms with E-state index < -0.39 is 0 Å². The summed E-state index contributed by atoms with van der Waals surface area (Å²) in [6.45, 7) is 0.135. The molecule has 0 saturated carbocycles. The van der Waals surface area contributed by atoms with Crippen molar-refractivity contribution in [3.63, 3.8) is 0 Å². The minimum atomic E-state index is -0.0792. The van der Waals surface area contributed by atoms with Crippen LogP contribution in [0.2, 0.25) is 0 Å². The van der Waals surface area contributed by atoms with Crippen molar-refractivity contribution >= 4 is 21.8 Å². The number of pyridine rings is 1. The summed E-state index contributed by atoms with van der Waals surface area (Å²) in [5.41, 5.74) is 1.38. The predicted octanol–water partition coefficient (Wildman–Crippen LogP) is 2.42. The molecule has 5 heteroatoms. The first kappa shape index (κ1) is 11.2. The van der Waals surface area contributed by atoms with E-state index in [0.29, 0.717) is 33.5 Å². The molecule has 0 amide bonds. The van der Waals surface area contributed by atoms with E-state index in [-0.39, 0.29) is 12.2 Å². The Balaban J connectivity index is 2.26. The zero-order valence-corrected chi connectivity index (χ0v) is 10.7. The molecule has 0 spiro atoms. The Kier molecular flexibility index (Phi) is 2.18. The number of hydrogen-bond donors (Lipinski definition) is 1. The molecular weight excluding hydrogens is 258 g/mol. The lowest BCUT2D eigenvalue weighted by molar-refractivity contribution is 0.171. The van der Waals surface area contributed by atoms with Crippen LogP contribution in [-0.2, 0) is 0 Å². The number of ether oxygens (including phenoxy) is 3. The van der Waals surface area contributed by atoms with Gasteiger partial charge < -0.3 is 19.2 Å². The first-order valence-electron chi connectivity index (χ1n) is 6.21. The Morgan fingerprint density at radius 3 is 2.90 bits per heavy atom. The molecule has 1 aliphatic rings. The highest BCUT2D eigenvalue weighted by Gasteiger charge is 2.24. The fraction of sp³-hybridized carbons (Fsp3) is 0.133. The van der Waals surface area contributed by atoms with Crippen molar-refractivity contribution in [2.45, 2.75) is 0 Å². The van der Waals surface area contributed by atoms with Crippen LogP contribution < -0.4 is 19.6 Å². The topological polar surface area (TPSA) is 60.6 Å². The molecule has 0 atom stereocenters. The van der Waals surface area contributed by atoms with Gasteiger partial charge in [-0.25, -0.2) is 0 Å². The van der Waals surface area contributed by atoms with E-state index in [4.69, 9.17) is 14.2 Å². The molecule has 0 radical (unpaired) electrons. The molecule has 100 valence electrons. The van der Waals surface area contributed by atoms with E-state index in [0.717, 1.165) is 5.52 Å². The van der Waals surface area contributed by atoms with Gasteiger partial charge in [-0.1, -0.05) is 12.1 Å². The van der Waals surface area contributed by atoms with Gasteiger partial charge in [-0.05, 0) is 12.1 Å². The largest absolute Gasteiger partial charge is 0.492 e. The normalized spacial score (nSPS) is 13.1. The van der Waals surface area contributed by atoms with Gasteiger partial charge >= 0.3 is 0 Å². The third-order valence-corrected chi connectivity index (χ3v) is 3.49. The first-order chi connectivity index (χ1) is 9.79. The van der Waals surface area contributed by atoms with E-state index in [1.807, 2.05) is 18.2 Å². The van der Waals surface area contributed by atoms with Crippen molar-refractivity contribution in [1.82, 2.24) is 4.98 Å². The number of aromatic amines is 1. The molecule has 5 nitrogen and oxygen atoms in total. The highest BCUT2D eigenvalue weighted by molar-refractivity contribution is 5.98. The van der Waals surface area contributed by atoms with Crippen LogP contribution in [0.15, 0.2) is 35.1 Å². The summed E-state index contributed by atoms with van der Waals surface area (Å²) in [6, 6.07) is 9.15. The summed E-state index contributed by atoms with van der Waals surface area (Å²) in [5.74, 6) is 1.49. The molecule has 1 N–H and O–H groups in total. The highest BCUT2D eigenvalue weighted by Crippen LogP contribution is 2.44. The fourth-order valence-corrected chi connectivity index (χ4v) is 2.60. The molecule has 20 heavy (non-hydrogen) atoms. The maximum absolute atomic E-state index is 12.7. The van der Waals surface area contributed by atoms with Gasteiger partial charge in [0, 0.05) is 17.0 Å². The maximum atomic E-state index is 12.7. The Morgan fingerprint density at radius 1 is 1.20 bits per heavy atom. The van der Waals surface area contributed by atoms with E-state index >= 15 is 0 Å². The van der Waals surface area contributed by atoms with E-state index in [9.17, 15) is 4.79 Å². The summed E-state index contributed by atoms with van der Waals surface area (Å²) in [6.07, 6.45) is 0. The standard InChI is InChI=1S/C15H11NO4/c1-18-15-12-10(6-11-14(15)20-7-19-11)16-9-5-3-2-4-8(9)13(12)17/h2-6H,7H2,1H3,(H,16,17). The monoisotopic (exact) mass is 269 g/mol. The van der Waals surface area contributed by atoms with Crippen LogP contribution in [0.4, 0.5) is 0 Å². The summed E-state index contributed by atoms with van der Waals surface area (Å²) in [7, 11) is 1.52. The van der Waals surface area contributed by atoms with Crippen LogP contribution in [0.25, 0.3) is 21.8 Å². The number of H-pyrrole nitrogens is 1. The molecule has 0 bridgehead atoms. The van der Waals surface area contributed by atoms with Gasteiger partial charge in [-0.3, -0.25) is 4.79 Å². The number of aromatic nitrogens is 1. The number of methoxy groups -OCH3 is 1. The van der Waals surface area contributed by atoms with Crippen molar-refractivity contribution in [2.24, 2.45) is 0 Å². The van der Waals surface area contributed by atoms with Gasteiger partial charge in [0.05, 0.1) is 18.0 Å². The second kappa shape index (κ2) is 3.90. The lowest BCUT2D eigenvalue weighted by atomic mass is 10.1. The molecule has 3 aromatic rings. The average molecular weight is 269 g/mol. The second-order valence-electron chi connectivity index (χ2n) is 4.57. The van der Waals surface area contributed by atoms with Crippen molar-refractivity contribution in [3.8, 4) is 17.2 Å². The van der Waals surface area contributed by atoms with Gasteiger partial charge in [0.1, 0.15) is 0 Å². The molecule has 0 saturated heterocycles. The molecule has 1 aromatic heterocycles. The Labute approximate surface area is 113 Å². The molecule has 2 aromatic carbocycles. The van der Waals surface area contributed by atoms with Crippen LogP contribution in [-0.4, -0.2) is 18.9 Å². The van der Waals surface area contributed by atoms with E-state index in [2.05, 4.69) is 4.98 Å². The maximum Gasteiger partial charge on any atom is 0.231 e. The average Bonchev–Trinajstić information content (AvgIpc) is 2.93. The van der Waals surface area contributed by atoms with Crippen LogP contribution in [0.5, 0.6) is 17.2 Å². The van der Waals surface area contributed by atoms with Crippen molar-refractivity contribution in [1.29, 1.82) is 0 Å². The van der Waals surface area contributed by atoms with Gasteiger partial charge in [0.25, 0.3) is 0 Å². The summed E-state index contributed by atoms with van der Waals surface area (Å²) in [5, 5.41) is 1.10.